The Bertz CT molecular complexity index is 785. The molecule has 0 radical (unpaired) electrons. The van der Waals surface area contributed by atoms with Gasteiger partial charge in [-0.15, -0.1) is 10.2 Å². The molecule has 0 bridgehead atoms. The van der Waals surface area contributed by atoms with Crippen LogP contribution in [0.5, 0.6) is 0 Å². The van der Waals surface area contributed by atoms with E-state index in [-0.39, 0.29) is 11.0 Å². The summed E-state index contributed by atoms with van der Waals surface area (Å²) in [5.74, 6) is 1.50. The average molecular weight is 337 g/mol. The first-order chi connectivity index (χ1) is 11.1. The van der Waals surface area contributed by atoms with E-state index in [0.717, 1.165) is 32.1 Å². The van der Waals surface area contributed by atoms with Gasteiger partial charge in [-0.3, -0.25) is 0 Å². The van der Waals surface area contributed by atoms with Crippen LogP contribution in [-0.2, 0) is 10.0 Å². The second-order valence-corrected chi connectivity index (χ2v) is 8.03. The molecular weight excluding hydrogens is 318 g/mol. The van der Waals surface area contributed by atoms with Crippen molar-refractivity contribution in [3.05, 3.63) is 18.0 Å². The van der Waals surface area contributed by atoms with Gasteiger partial charge in [0.15, 0.2) is 5.76 Å². The maximum absolute atomic E-state index is 12.6. The molecule has 2 fully saturated rings. The summed E-state index contributed by atoms with van der Waals surface area (Å²) in [6.07, 6.45) is 6.16. The standard InChI is InChI=1S/C15H19N3O4S/c19-23(20,18-9-2-1-3-10-18)13-8-7-12(21-13)15-17-16-14(22-15)11-5-4-6-11/h7-8,11H,1-6,9-10H2. The summed E-state index contributed by atoms with van der Waals surface area (Å²) in [6.45, 7) is 1.09. The smallest absolute Gasteiger partial charge is 0.283 e. The van der Waals surface area contributed by atoms with E-state index in [9.17, 15) is 8.42 Å². The van der Waals surface area contributed by atoms with Gasteiger partial charge in [-0.25, -0.2) is 8.42 Å². The van der Waals surface area contributed by atoms with Gasteiger partial charge in [-0.1, -0.05) is 12.8 Å². The molecule has 2 aromatic rings. The topological polar surface area (TPSA) is 89.4 Å². The quantitative estimate of drug-likeness (QED) is 0.852. The minimum absolute atomic E-state index is 0.0576. The number of piperidine rings is 1. The zero-order valence-electron chi connectivity index (χ0n) is 12.8. The molecule has 1 aliphatic heterocycles. The molecule has 1 aliphatic carbocycles. The highest BCUT2D eigenvalue weighted by Gasteiger charge is 2.30. The fourth-order valence-corrected chi connectivity index (χ4v) is 4.39. The van der Waals surface area contributed by atoms with Gasteiger partial charge in [0, 0.05) is 19.0 Å². The molecule has 1 saturated carbocycles. The predicted molar refractivity (Wildman–Crippen MR) is 81.2 cm³/mol. The van der Waals surface area contributed by atoms with Crippen LogP contribution >= 0.6 is 0 Å². The summed E-state index contributed by atoms with van der Waals surface area (Å²) in [4.78, 5) is 0. The summed E-state index contributed by atoms with van der Waals surface area (Å²) in [7, 11) is -3.58. The molecule has 0 aromatic carbocycles. The van der Waals surface area contributed by atoms with Crippen molar-refractivity contribution < 1.29 is 17.3 Å². The highest BCUT2D eigenvalue weighted by atomic mass is 32.2. The third kappa shape index (κ3) is 2.70. The van der Waals surface area contributed by atoms with Crippen LogP contribution in [0.25, 0.3) is 11.7 Å². The van der Waals surface area contributed by atoms with E-state index in [1.807, 2.05) is 0 Å². The maximum atomic E-state index is 12.6. The molecule has 1 saturated heterocycles. The zero-order valence-corrected chi connectivity index (χ0v) is 13.6. The molecule has 0 amide bonds. The highest BCUT2D eigenvalue weighted by molar-refractivity contribution is 7.89. The lowest BCUT2D eigenvalue weighted by Gasteiger charge is -2.24. The first kappa shape index (κ1) is 14.9. The number of nitrogens with zero attached hydrogens (tertiary/aromatic N) is 3. The van der Waals surface area contributed by atoms with E-state index < -0.39 is 10.0 Å². The second-order valence-electron chi connectivity index (χ2n) is 6.16. The van der Waals surface area contributed by atoms with Crippen LogP contribution in [0.15, 0.2) is 26.1 Å². The minimum Gasteiger partial charge on any atom is -0.438 e. The van der Waals surface area contributed by atoms with Crippen molar-refractivity contribution in [3.8, 4) is 11.7 Å². The second kappa shape index (κ2) is 5.76. The van der Waals surface area contributed by atoms with Crippen LogP contribution in [0.3, 0.4) is 0 Å². The van der Waals surface area contributed by atoms with Crippen LogP contribution in [0.4, 0.5) is 0 Å². The van der Waals surface area contributed by atoms with Gasteiger partial charge >= 0.3 is 0 Å². The summed E-state index contributed by atoms with van der Waals surface area (Å²) >= 11 is 0. The minimum atomic E-state index is -3.58. The molecule has 8 heteroatoms. The zero-order chi connectivity index (χ0) is 15.9. The third-order valence-corrected chi connectivity index (χ3v) is 6.37. The average Bonchev–Trinajstić information content (AvgIpc) is 3.15. The van der Waals surface area contributed by atoms with Crippen molar-refractivity contribution in [2.45, 2.75) is 49.5 Å². The van der Waals surface area contributed by atoms with Gasteiger partial charge < -0.3 is 8.83 Å². The number of furan rings is 1. The maximum Gasteiger partial charge on any atom is 0.283 e. The molecule has 0 spiro atoms. The van der Waals surface area contributed by atoms with Crippen molar-refractivity contribution in [1.82, 2.24) is 14.5 Å². The number of rotatable bonds is 4. The fraction of sp³-hybridized carbons (Fsp3) is 0.600. The Morgan fingerprint density at radius 2 is 1.78 bits per heavy atom. The normalized spacial score (nSPS) is 20.5. The fourth-order valence-electron chi connectivity index (χ4n) is 2.96. The number of hydrogen-bond donors (Lipinski definition) is 0. The molecule has 4 rings (SSSR count). The Kier molecular flexibility index (Phi) is 3.73. The van der Waals surface area contributed by atoms with Crippen molar-refractivity contribution in [2.24, 2.45) is 0 Å². The molecule has 7 nitrogen and oxygen atoms in total. The number of hydrogen-bond acceptors (Lipinski definition) is 6. The number of sulfonamides is 1. The van der Waals surface area contributed by atoms with Crippen molar-refractivity contribution in [3.63, 3.8) is 0 Å². The van der Waals surface area contributed by atoms with Crippen molar-refractivity contribution in [1.29, 1.82) is 0 Å². The Morgan fingerprint density at radius 1 is 1.00 bits per heavy atom. The first-order valence-electron chi connectivity index (χ1n) is 8.08. The number of aromatic nitrogens is 2. The van der Waals surface area contributed by atoms with Gasteiger partial charge in [-0.2, -0.15) is 4.31 Å². The lowest BCUT2D eigenvalue weighted by Crippen LogP contribution is -2.35. The summed E-state index contributed by atoms with van der Waals surface area (Å²) in [5.41, 5.74) is 0. The SMILES string of the molecule is O=S(=O)(c1ccc(-c2nnc(C3CCC3)o2)o1)N1CCCCC1. The molecular formula is C15H19N3O4S. The van der Waals surface area contributed by atoms with Crippen LogP contribution < -0.4 is 0 Å². The summed E-state index contributed by atoms with van der Waals surface area (Å²) in [5, 5.41) is 7.96. The monoisotopic (exact) mass is 337 g/mol. The Morgan fingerprint density at radius 3 is 2.48 bits per heavy atom. The van der Waals surface area contributed by atoms with E-state index in [2.05, 4.69) is 10.2 Å². The lowest BCUT2D eigenvalue weighted by atomic mass is 9.85. The lowest BCUT2D eigenvalue weighted by molar-refractivity contribution is 0.327. The Hall–Kier alpha value is -1.67. The third-order valence-electron chi connectivity index (χ3n) is 4.60. The first-order valence-corrected chi connectivity index (χ1v) is 9.52. The van der Waals surface area contributed by atoms with E-state index in [1.54, 1.807) is 6.07 Å². The molecule has 0 atom stereocenters. The molecule has 0 N–H and O–H groups in total. The van der Waals surface area contributed by atoms with Gasteiger partial charge in [0.05, 0.1) is 0 Å². The van der Waals surface area contributed by atoms with Gasteiger partial charge in [-0.05, 0) is 37.8 Å². The molecule has 2 aromatic heterocycles. The van der Waals surface area contributed by atoms with Crippen LogP contribution in [-0.4, -0.2) is 36.0 Å². The summed E-state index contributed by atoms with van der Waals surface area (Å²) in [6, 6.07) is 3.04. The van der Waals surface area contributed by atoms with E-state index in [0.29, 0.717) is 30.7 Å². The predicted octanol–water partition coefficient (Wildman–Crippen LogP) is 2.77. The Labute approximate surface area is 134 Å². The van der Waals surface area contributed by atoms with E-state index >= 15 is 0 Å². The highest BCUT2D eigenvalue weighted by Crippen LogP contribution is 2.36. The van der Waals surface area contributed by atoms with Gasteiger partial charge in [0.25, 0.3) is 15.9 Å². The van der Waals surface area contributed by atoms with Crippen molar-refractivity contribution in [2.75, 3.05) is 13.1 Å². The molecule has 3 heterocycles. The van der Waals surface area contributed by atoms with Crippen molar-refractivity contribution >= 4 is 10.0 Å². The molecule has 124 valence electrons. The molecule has 2 aliphatic rings. The van der Waals surface area contributed by atoms with Gasteiger partial charge in [0.2, 0.25) is 11.0 Å². The van der Waals surface area contributed by atoms with E-state index in [1.165, 1.54) is 16.8 Å². The molecule has 23 heavy (non-hydrogen) atoms. The van der Waals surface area contributed by atoms with Gasteiger partial charge in [0.1, 0.15) is 0 Å². The van der Waals surface area contributed by atoms with Crippen LogP contribution in [0.2, 0.25) is 0 Å². The van der Waals surface area contributed by atoms with E-state index in [4.69, 9.17) is 8.83 Å². The van der Waals surface area contributed by atoms with Crippen LogP contribution in [0, 0.1) is 0 Å². The van der Waals surface area contributed by atoms with Crippen LogP contribution in [0.1, 0.15) is 50.3 Å². The molecule has 0 unspecified atom stereocenters. The largest absolute Gasteiger partial charge is 0.438 e. The Balaban J connectivity index is 1.57. The summed E-state index contributed by atoms with van der Waals surface area (Å²) < 4.78 is 37.7.